The van der Waals surface area contributed by atoms with Crippen LogP contribution in [0.5, 0.6) is 0 Å². The Morgan fingerprint density at radius 3 is 2.82 bits per heavy atom. The van der Waals surface area contributed by atoms with E-state index in [1.54, 1.807) is 0 Å². The maximum atomic E-state index is 9.62. The molecular weight excluding hydrogens is 136 g/mol. The second-order valence-corrected chi connectivity index (χ2v) is 3.54. The summed E-state index contributed by atoms with van der Waals surface area (Å²) in [5.74, 6) is 0.460. The lowest BCUT2D eigenvalue weighted by Crippen LogP contribution is -2.13. The summed E-state index contributed by atoms with van der Waals surface area (Å²) in [6, 6.07) is 0. The van der Waals surface area contributed by atoms with Crippen molar-refractivity contribution in [3.05, 3.63) is 11.6 Å². The molecule has 2 unspecified atom stereocenters. The van der Waals surface area contributed by atoms with Gasteiger partial charge in [0.2, 0.25) is 0 Å². The minimum atomic E-state index is -0.137. The van der Waals surface area contributed by atoms with E-state index >= 15 is 0 Å². The van der Waals surface area contributed by atoms with E-state index < -0.39 is 0 Å². The molecule has 0 saturated carbocycles. The van der Waals surface area contributed by atoms with Crippen molar-refractivity contribution in [3.8, 4) is 0 Å². The first kappa shape index (κ1) is 8.79. The van der Waals surface area contributed by atoms with Gasteiger partial charge in [-0.3, -0.25) is 0 Å². The van der Waals surface area contributed by atoms with Gasteiger partial charge in [0.25, 0.3) is 0 Å². The van der Waals surface area contributed by atoms with Crippen LogP contribution in [0, 0.1) is 5.92 Å². The molecule has 0 heterocycles. The van der Waals surface area contributed by atoms with Crippen molar-refractivity contribution in [2.45, 2.75) is 45.6 Å². The summed E-state index contributed by atoms with van der Waals surface area (Å²) in [5, 5.41) is 9.62. The number of aliphatic hydroxyl groups excluding tert-OH is 1. The molecule has 1 aliphatic carbocycles. The van der Waals surface area contributed by atoms with Gasteiger partial charge >= 0.3 is 0 Å². The number of hydrogen-bond donors (Lipinski definition) is 1. The van der Waals surface area contributed by atoms with Gasteiger partial charge in [-0.25, -0.2) is 0 Å². The zero-order chi connectivity index (χ0) is 8.27. The molecule has 0 bridgehead atoms. The number of unbranched alkanes of at least 4 members (excludes halogenated alkanes) is 1. The summed E-state index contributed by atoms with van der Waals surface area (Å²) in [6.07, 6.45) is 6.68. The standard InChI is InChI=1S/C10H18O/c1-3-4-5-9-7-6-8(2)10(9)11/h7-8,10-11H,3-6H2,1-2H3. The number of rotatable bonds is 3. The van der Waals surface area contributed by atoms with Crippen LogP contribution >= 0.6 is 0 Å². The monoisotopic (exact) mass is 154 g/mol. The van der Waals surface area contributed by atoms with Crippen molar-refractivity contribution in [2.24, 2.45) is 5.92 Å². The van der Waals surface area contributed by atoms with Gasteiger partial charge in [-0.1, -0.05) is 26.3 Å². The Morgan fingerprint density at radius 2 is 2.36 bits per heavy atom. The highest BCUT2D eigenvalue weighted by Crippen LogP contribution is 2.28. The van der Waals surface area contributed by atoms with Crippen molar-refractivity contribution in [1.29, 1.82) is 0 Å². The van der Waals surface area contributed by atoms with Crippen LogP contribution in [0.15, 0.2) is 11.6 Å². The van der Waals surface area contributed by atoms with Crippen LogP contribution in [0.4, 0.5) is 0 Å². The SMILES string of the molecule is CCCCC1=CCC(C)C1O. The summed E-state index contributed by atoms with van der Waals surface area (Å²) in [4.78, 5) is 0. The second-order valence-electron chi connectivity index (χ2n) is 3.54. The molecule has 0 spiro atoms. The molecule has 0 fully saturated rings. The lowest BCUT2D eigenvalue weighted by Gasteiger charge is -2.12. The van der Waals surface area contributed by atoms with Crippen LogP contribution < -0.4 is 0 Å². The van der Waals surface area contributed by atoms with Gasteiger partial charge in [-0.05, 0) is 30.8 Å². The molecule has 1 rings (SSSR count). The largest absolute Gasteiger partial charge is 0.388 e. The molecule has 11 heavy (non-hydrogen) atoms. The third-order valence-corrected chi connectivity index (χ3v) is 2.49. The van der Waals surface area contributed by atoms with E-state index in [1.165, 1.54) is 18.4 Å². The molecule has 64 valence electrons. The second kappa shape index (κ2) is 3.91. The van der Waals surface area contributed by atoms with E-state index in [0.29, 0.717) is 5.92 Å². The van der Waals surface area contributed by atoms with Crippen LogP contribution in [0.1, 0.15) is 39.5 Å². The number of hydrogen-bond acceptors (Lipinski definition) is 1. The molecule has 1 N–H and O–H groups in total. The maximum Gasteiger partial charge on any atom is 0.0778 e. The highest BCUT2D eigenvalue weighted by atomic mass is 16.3. The van der Waals surface area contributed by atoms with Gasteiger partial charge in [-0.2, -0.15) is 0 Å². The summed E-state index contributed by atoms with van der Waals surface area (Å²) in [7, 11) is 0. The third-order valence-electron chi connectivity index (χ3n) is 2.49. The van der Waals surface area contributed by atoms with Crippen LogP contribution in [0.25, 0.3) is 0 Å². The first-order valence-electron chi connectivity index (χ1n) is 4.62. The average molecular weight is 154 g/mol. The number of allylic oxidation sites excluding steroid dienone is 1. The molecule has 0 saturated heterocycles. The van der Waals surface area contributed by atoms with Gasteiger partial charge in [0.05, 0.1) is 6.10 Å². The highest BCUT2D eigenvalue weighted by molar-refractivity contribution is 5.15. The fraction of sp³-hybridized carbons (Fsp3) is 0.800. The Kier molecular flexibility index (Phi) is 3.13. The van der Waals surface area contributed by atoms with Crippen LogP contribution in [-0.2, 0) is 0 Å². The molecule has 0 aromatic heterocycles. The fourth-order valence-corrected chi connectivity index (χ4v) is 1.58. The van der Waals surface area contributed by atoms with Gasteiger partial charge < -0.3 is 5.11 Å². The third kappa shape index (κ3) is 2.06. The lowest BCUT2D eigenvalue weighted by molar-refractivity contribution is 0.161. The molecule has 2 atom stereocenters. The van der Waals surface area contributed by atoms with Crippen molar-refractivity contribution < 1.29 is 5.11 Å². The Balaban J connectivity index is 2.34. The number of aliphatic hydroxyl groups is 1. The minimum Gasteiger partial charge on any atom is -0.388 e. The van der Waals surface area contributed by atoms with E-state index in [0.717, 1.165) is 12.8 Å². The molecule has 0 amide bonds. The fourth-order valence-electron chi connectivity index (χ4n) is 1.58. The normalized spacial score (nSPS) is 30.6. The summed E-state index contributed by atoms with van der Waals surface area (Å²) in [6.45, 7) is 4.30. The zero-order valence-corrected chi connectivity index (χ0v) is 7.51. The molecule has 1 heteroatoms. The zero-order valence-electron chi connectivity index (χ0n) is 7.51. The quantitative estimate of drug-likeness (QED) is 0.619. The molecule has 0 aromatic carbocycles. The first-order valence-corrected chi connectivity index (χ1v) is 4.62. The molecular formula is C10H18O. The molecule has 0 aliphatic heterocycles. The molecule has 0 radical (unpaired) electrons. The van der Waals surface area contributed by atoms with Crippen LogP contribution in [-0.4, -0.2) is 11.2 Å². The summed E-state index contributed by atoms with van der Waals surface area (Å²) >= 11 is 0. The van der Waals surface area contributed by atoms with E-state index in [1.807, 2.05) is 0 Å². The topological polar surface area (TPSA) is 20.2 Å². The minimum absolute atomic E-state index is 0.137. The predicted molar refractivity (Wildman–Crippen MR) is 47.4 cm³/mol. The smallest absolute Gasteiger partial charge is 0.0778 e. The predicted octanol–water partition coefficient (Wildman–Crippen LogP) is 2.50. The average Bonchev–Trinajstić information content (AvgIpc) is 2.31. The van der Waals surface area contributed by atoms with E-state index in [9.17, 15) is 5.11 Å². The summed E-state index contributed by atoms with van der Waals surface area (Å²) in [5.41, 5.74) is 1.28. The molecule has 1 nitrogen and oxygen atoms in total. The Bertz CT molecular complexity index is 149. The van der Waals surface area contributed by atoms with E-state index in [2.05, 4.69) is 19.9 Å². The van der Waals surface area contributed by atoms with Gasteiger partial charge in [0, 0.05) is 0 Å². The van der Waals surface area contributed by atoms with E-state index in [-0.39, 0.29) is 6.10 Å². The van der Waals surface area contributed by atoms with Crippen molar-refractivity contribution in [1.82, 2.24) is 0 Å². The Hall–Kier alpha value is -0.300. The van der Waals surface area contributed by atoms with Crippen molar-refractivity contribution in [2.75, 3.05) is 0 Å². The van der Waals surface area contributed by atoms with Crippen molar-refractivity contribution in [3.63, 3.8) is 0 Å². The van der Waals surface area contributed by atoms with Gasteiger partial charge in [-0.15, -0.1) is 0 Å². The molecule has 1 aliphatic rings. The lowest BCUT2D eigenvalue weighted by atomic mass is 10.0. The van der Waals surface area contributed by atoms with Crippen molar-refractivity contribution >= 4 is 0 Å². The van der Waals surface area contributed by atoms with Crippen LogP contribution in [0.2, 0.25) is 0 Å². The van der Waals surface area contributed by atoms with E-state index in [4.69, 9.17) is 0 Å². The van der Waals surface area contributed by atoms with Gasteiger partial charge in [0.1, 0.15) is 0 Å². The maximum absolute atomic E-state index is 9.62. The van der Waals surface area contributed by atoms with Crippen LogP contribution in [0.3, 0.4) is 0 Å². The Morgan fingerprint density at radius 1 is 1.64 bits per heavy atom. The van der Waals surface area contributed by atoms with Gasteiger partial charge in [0.15, 0.2) is 0 Å². The first-order chi connectivity index (χ1) is 5.25. The molecule has 0 aromatic rings. The summed E-state index contributed by atoms with van der Waals surface area (Å²) < 4.78 is 0. The Labute approximate surface area is 69.1 Å². The highest BCUT2D eigenvalue weighted by Gasteiger charge is 2.22.